The van der Waals surface area contributed by atoms with Gasteiger partial charge < -0.3 is 0 Å². The zero-order valence-corrected chi connectivity index (χ0v) is 16.8. The summed E-state index contributed by atoms with van der Waals surface area (Å²) in [6, 6.07) is 18.0. The smallest absolute Gasteiger partial charge is 0.287 e. The number of hydrazone groups is 1. The van der Waals surface area contributed by atoms with Crippen molar-refractivity contribution < 1.29 is 9.59 Å². The first kappa shape index (κ1) is 18.9. The molecule has 4 aromatic rings. The van der Waals surface area contributed by atoms with E-state index >= 15 is 0 Å². The van der Waals surface area contributed by atoms with Gasteiger partial charge in [-0.15, -0.1) is 0 Å². The SMILES string of the molecule is CCCn1nc(C(=O)N/N=C2/C(=O)c3cccc4cccc2c34)c2ccccc2c1=O. The van der Waals surface area contributed by atoms with Crippen LogP contribution in [0.1, 0.15) is 39.8 Å². The molecule has 0 atom stereocenters. The Kier molecular flexibility index (Phi) is 4.43. The number of hydrogen-bond acceptors (Lipinski definition) is 5. The molecule has 1 N–H and O–H groups in total. The number of carbonyl (C=O) groups is 2. The van der Waals surface area contributed by atoms with E-state index in [1.165, 1.54) is 4.68 Å². The summed E-state index contributed by atoms with van der Waals surface area (Å²) in [5.74, 6) is -0.814. The Morgan fingerprint density at radius 3 is 2.42 bits per heavy atom. The third kappa shape index (κ3) is 2.93. The number of hydrogen-bond donors (Lipinski definition) is 1. The zero-order valence-electron chi connectivity index (χ0n) is 16.8. The van der Waals surface area contributed by atoms with Crippen LogP contribution in [0.5, 0.6) is 0 Å². The number of aromatic nitrogens is 2. The molecular formula is C24H18N4O3. The van der Waals surface area contributed by atoms with Crippen LogP contribution in [0.15, 0.2) is 70.6 Å². The summed E-state index contributed by atoms with van der Waals surface area (Å²) >= 11 is 0. The molecule has 1 heterocycles. The summed E-state index contributed by atoms with van der Waals surface area (Å²) < 4.78 is 1.29. The molecule has 1 aliphatic rings. The standard InChI is InChI=1S/C24H18N4O3/c1-2-13-28-24(31)16-10-4-3-9-15(16)21(27-28)23(30)26-25-20-17-11-5-7-14-8-6-12-18(19(14)17)22(20)29/h3-12H,2,13H2,1H3,(H,26,30)/b25-20+. The van der Waals surface area contributed by atoms with Crippen LogP contribution in [0.25, 0.3) is 21.5 Å². The molecule has 0 bridgehead atoms. The Balaban J connectivity index is 1.57. The molecule has 0 spiro atoms. The highest BCUT2D eigenvalue weighted by atomic mass is 16.2. The number of ketones is 1. The quantitative estimate of drug-likeness (QED) is 0.523. The molecule has 7 nitrogen and oxygen atoms in total. The van der Waals surface area contributed by atoms with Crippen molar-refractivity contribution in [2.24, 2.45) is 5.10 Å². The van der Waals surface area contributed by atoms with Crippen LogP contribution < -0.4 is 11.0 Å². The highest BCUT2D eigenvalue weighted by molar-refractivity contribution is 6.59. The van der Waals surface area contributed by atoms with Crippen LogP contribution in [0.3, 0.4) is 0 Å². The van der Waals surface area contributed by atoms with Crippen LogP contribution in [0.2, 0.25) is 0 Å². The molecule has 5 rings (SSSR count). The van der Waals surface area contributed by atoms with Crippen molar-refractivity contribution >= 4 is 38.9 Å². The van der Waals surface area contributed by atoms with Gasteiger partial charge in [-0.2, -0.15) is 10.2 Å². The highest BCUT2D eigenvalue weighted by Crippen LogP contribution is 2.30. The van der Waals surface area contributed by atoms with E-state index in [9.17, 15) is 14.4 Å². The van der Waals surface area contributed by atoms with Gasteiger partial charge in [-0.1, -0.05) is 61.5 Å². The van der Waals surface area contributed by atoms with Crippen molar-refractivity contribution in [3.63, 3.8) is 0 Å². The average molecular weight is 410 g/mol. The van der Waals surface area contributed by atoms with Gasteiger partial charge in [0, 0.05) is 28.4 Å². The number of benzene rings is 3. The Labute approximate surface area is 177 Å². The first-order valence-corrected chi connectivity index (χ1v) is 10.0. The number of rotatable bonds is 4. The molecule has 1 amide bonds. The molecule has 0 saturated heterocycles. The van der Waals surface area contributed by atoms with Crippen molar-refractivity contribution in [2.45, 2.75) is 19.9 Å². The lowest BCUT2D eigenvalue weighted by Gasteiger charge is -2.09. The normalized spacial score (nSPS) is 14.0. The number of amides is 1. The summed E-state index contributed by atoms with van der Waals surface area (Å²) in [7, 11) is 0. The van der Waals surface area contributed by atoms with E-state index in [-0.39, 0.29) is 22.7 Å². The molecule has 1 aliphatic carbocycles. The fourth-order valence-electron chi connectivity index (χ4n) is 4.01. The summed E-state index contributed by atoms with van der Waals surface area (Å²) in [6.07, 6.45) is 0.700. The highest BCUT2D eigenvalue weighted by Gasteiger charge is 2.29. The van der Waals surface area contributed by atoms with Crippen molar-refractivity contribution in [3.05, 3.63) is 87.8 Å². The fraction of sp³-hybridized carbons (Fsp3) is 0.125. The first-order valence-electron chi connectivity index (χ1n) is 10.0. The molecule has 3 aromatic carbocycles. The third-order valence-electron chi connectivity index (χ3n) is 5.41. The molecule has 0 fully saturated rings. The molecule has 0 saturated carbocycles. The topological polar surface area (TPSA) is 93.4 Å². The van der Waals surface area contributed by atoms with Crippen molar-refractivity contribution in [2.75, 3.05) is 0 Å². The monoisotopic (exact) mass is 410 g/mol. The van der Waals surface area contributed by atoms with Crippen LogP contribution in [0, 0.1) is 0 Å². The summed E-state index contributed by atoms with van der Waals surface area (Å²) in [6.45, 7) is 2.33. The zero-order chi connectivity index (χ0) is 21.5. The van der Waals surface area contributed by atoms with Crippen LogP contribution in [0.4, 0.5) is 0 Å². The second kappa shape index (κ2) is 7.28. The lowest BCUT2D eigenvalue weighted by molar-refractivity contribution is 0.0949. The first-order chi connectivity index (χ1) is 15.1. The maximum atomic E-state index is 13.0. The van der Waals surface area contributed by atoms with Crippen LogP contribution >= 0.6 is 0 Å². The van der Waals surface area contributed by atoms with Gasteiger partial charge in [0.15, 0.2) is 5.69 Å². The van der Waals surface area contributed by atoms with E-state index in [1.54, 1.807) is 30.3 Å². The van der Waals surface area contributed by atoms with Gasteiger partial charge in [0.2, 0.25) is 5.78 Å². The van der Waals surface area contributed by atoms with Crippen LogP contribution in [-0.4, -0.2) is 27.2 Å². The van der Waals surface area contributed by atoms with E-state index in [0.717, 1.165) is 10.8 Å². The average Bonchev–Trinajstić information content (AvgIpc) is 3.07. The molecule has 31 heavy (non-hydrogen) atoms. The van der Waals surface area contributed by atoms with Crippen molar-refractivity contribution in [1.82, 2.24) is 15.2 Å². The second-order valence-corrected chi connectivity index (χ2v) is 7.36. The van der Waals surface area contributed by atoms with Gasteiger partial charge in [0.05, 0.1) is 5.39 Å². The van der Waals surface area contributed by atoms with Gasteiger partial charge in [-0.25, -0.2) is 10.1 Å². The van der Waals surface area contributed by atoms with E-state index in [2.05, 4.69) is 15.6 Å². The molecular weight excluding hydrogens is 392 g/mol. The lowest BCUT2D eigenvalue weighted by Crippen LogP contribution is -2.29. The van der Waals surface area contributed by atoms with Gasteiger partial charge in [0.25, 0.3) is 11.5 Å². The minimum Gasteiger partial charge on any atom is -0.287 e. The van der Waals surface area contributed by atoms with Gasteiger partial charge >= 0.3 is 0 Å². The molecule has 7 heteroatoms. The number of nitrogens with zero attached hydrogens (tertiary/aromatic N) is 3. The number of Topliss-reactive ketones (excluding diaryl/α,β-unsaturated/α-hetero) is 1. The summed E-state index contributed by atoms with van der Waals surface area (Å²) in [5, 5.41) is 11.1. The summed E-state index contributed by atoms with van der Waals surface area (Å²) in [4.78, 5) is 38.5. The van der Waals surface area contributed by atoms with Crippen LogP contribution in [-0.2, 0) is 6.54 Å². The Bertz CT molecular complexity index is 1480. The van der Waals surface area contributed by atoms with Gasteiger partial charge in [0.1, 0.15) is 5.71 Å². The molecule has 0 aliphatic heterocycles. The maximum absolute atomic E-state index is 13.0. The Morgan fingerprint density at radius 1 is 0.968 bits per heavy atom. The van der Waals surface area contributed by atoms with Gasteiger partial charge in [-0.3, -0.25) is 14.4 Å². The largest absolute Gasteiger partial charge is 0.292 e. The molecule has 152 valence electrons. The predicted octanol–water partition coefficient (Wildman–Crippen LogP) is 3.29. The minimum atomic E-state index is -0.579. The Morgan fingerprint density at radius 2 is 1.68 bits per heavy atom. The van der Waals surface area contributed by atoms with E-state index in [1.807, 2.05) is 37.3 Å². The van der Waals surface area contributed by atoms with Gasteiger partial charge in [-0.05, 0) is 17.9 Å². The number of aryl methyl sites for hydroxylation is 1. The van der Waals surface area contributed by atoms with Crippen molar-refractivity contribution in [1.29, 1.82) is 0 Å². The van der Waals surface area contributed by atoms with E-state index < -0.39 is 5.91 Å². The van der Waals surface area contributed by atoms with E-state index in [4.69, 9.17) is 0 Å². The van der Waals surface area contributed by atoms with Crippen molar-refractivity contribution in [3.8, 4) is 0 Å². The predicted molar refractivity (Wildman–Crippen MR) is 119 cm³/mol. The second-order valence-electron chi connectivity index (χ2n) is 7.36. The summed E-state index contributed by atoms with van der Waals surface area (Å²) in [5.41, 5.74) is 3.77. The lowest BCUT2D eigenvalue weighted by atomic mass is 10.1. The number of carbonyl (C=O) groups excluding carboxylic acids is 2. The number of nitrogens with one attached hydrogen (secondary N) is 1. The fourth-order valence-corrected chi connectivity index (χ4v) is 4.01. The molecule has 0 radical (unpaired) electrons. The van der Waals surface area contributed by atoms with E-state index in [0.29, 0.717) is 34.9 Å². The third-order valence-corrected chi connectivity index (χ3v) is 5.41. The maximum Gasteiger partial charge on any atom is 0.292 e. The molecule has 0 unspecified atom stereocenters. The number of fused-ring (bicyclic) bond motifs is 1. The minimum absolute atomic E-state index is 0.0918. The molecule has 1 aromatic heterocycles. The Hall–Kier alpha value is -4.13.